The van der Waals surface area contributed by atoms with Crippen LogP contribution in [-0.4, -0.2) is 35.6 Å². The maximum Gasteiger partial charge on any atom is 0.308 e. The molecule has 0 saturated carbocycles. The van der Waals surface area contributed by atoms with Crippen LogP contribution in [-0.2, 0) is 14.3 Å². The number of carbonyl (C=O) groups excluding carboxylic acids is 3. The smallest absolute Gasteiger partial charge is 0.308 e. The molecule has 1 heterocycles. The number of nitrogens with zero attached hydrogens (tertiary/aromatic N) is 1. The summed E-state index contributed by atoms with van der Waals surface area (Å²) in [5.41, 5.74) is 0.225. The summed E-state index contributed by atoms with van der Waals surface area (Å²) in [4.78, 5) is 35.4. The van der Waals surface area contributed by atoms with Crippen LogP contribution in [0.1, 0.15) is 29.4 Å². The number of aryl methyl sites for hydroxylation is 1. The van der Waals surface area contributed by atoms with Crippen molar-refractivity contribution in [3.05, 3.63) is 47.2 Å². The van der Waals surface area contributed by atoms with Gasteiger partial charge in [-0.25, -0.2) is 8.78 Å². The Balaban J connectivity index is 1.75. The second kappa shape index (κ2) is 8.88. The molecule has 2 N–H and O–H groups in total. The van der Waals surface area contributed by atoms with Crippen molar-refractivity contribution in [2.45, 2.75) is 26.4 Å². The number of ether oxygens (including phenoxy) is 1. The van der Waals surface area contributed by atoms with E-state index < -0.39 is 35.5 Å². The van der Waals surface area contributed by atoms with E-state index in [-0.39, 0.29) is 24.4 Å². The van der Waals surface area contributed by atoms with Gasteiger partial charge in [0.25, 0.3) is 11.8 Å². The van der Waals surface area contributed by atoms with Crippen molar-refractivity contribution in [1.29, 1.82) is 0 Å². The molecule has 144 valence electrons. The van der Waals surface area contributed by atoms with Crippen molar-refractivity contribution in [3.8, 4) is 0 Å². The molecule has 2 rings (SSSR count). The molecule has 0 saturated heterocycles. The highest BCUT2D eigenvalue weighted by Crippen LogP contribution is 2.10. The Labute approximate surface area is 152 Å². The summed E-state index contributed by atoms with van der Waals surface area (Å²) < 4.78 is 36.0. The third-order valence-electron chi connectivity index (χ3n) is 3.34. The van der Waals surface area contributed by atoms with E-state index in [9.17, 15) is 23.2 Å². The molecule has 1 unspecified atom stereocenters. The van der Waals surface area contributed by atoms with Gasteiger partial charge >= 0.3 is 5.97 Å². The lowest BCUT2D eigenvalue weighted by molar-refractivity contribution is -0.153. The van der Waals surface area contributed by atoms with Crippen LogP contribution >= 0.6 is 0 Å². The first-order chi connectivity index (χ1) is 12.8. The Morgan fingerprint density at radius 1 is 1.26 bits per heavy atom. The van der Waals surface area contributed by atoms with Gasteiger partial charge in [0.1, 0.15) is 11.6 Å². The molecule has 0 spiro atoms. The Morgan fingerprint density at radius 2 is 2.00 bits per heavy atom. The molecule has 0 bridgehead atoms. The van der Waals surface area contributed by atoms with E-state index >= 15 is 0 Å². The number of anilines is 1. The molecule has 0 aliphatic carbocycles. The van der Waals surface area contributed by atoms with Crippen molar-refractivity contribution in [1.82, 2.24) is 10.5 Å². The Morgan fingerprint density at radius 3 is 2.63 bits per heavy atom. The molecule has 1 aromatic heterocycles. The van der Waals surface area contributed by atoms with Crippen molar-refractivity contribution >= 4 is 23.7 Å². The molecule has 0 fully saturated rings. The number of halogens is 2. The van der Waals surface area contributed by atoms with Gasteiger partial charge in [-0.15, -0.1) is 0 Å². The number of amides is 2. The van der Waals surface area contributed by atoms with E-state index in [1.165, 1.54) is 13.0 Å². The highest BCUT2D eigenvalue weighted by molar-refractivity contribution is 5.95. The summed E-state index contributed by atoms with van der Waals surface area (Å²) in [6, 6.07) is 4.02. The lowest BCUT2D eigenvalue weighted by Gasteiger charge is -2.12. The quantitative estimate of drug-likeness (QED) is 0.710. The van der Waals surface area contributed by atoms with Crippen LogP contribution in [0.25, 0.3) is 0 Å². The van der Waals surface area contributed by atoms with Crippen LogP contribution in [0.15, 0.2) is 28.8 Å². The first-order valence-corrected chi connectivity index (χ1v) is 7.93. The summed E-state index contributed by atoms with van der Waals surface area (Å²) in [7, 11) is 0. The largest absolute Gasteiger partial charge is 0.452 e. The van der Waals surface area contributed by atoms with Crippen LogP contribution in [0.2, 0.25) is 0 Å². The number of hydrogen-bond acceptors (Lipinski definition) is 6. The van der Waals surface area contributed by atoms with E-state index in [4.69, 9.17) is 9.26 Å². The third kappa shape index (κ3) is 5.87. The molecule has 2 amide bonds. The highest BCUT2D eigenvalue weighted by atomic mass is 19.1. The lowest BCUT2D eigenvalue weighted by Crippen LogP contribution is -2.32. The first kappa shape index (κ1) is 20.0. The lowest BCUT2D eigenvalue weighted by atomic mass is 10.2. The van der Waals surface area contributed by atoms with E-state index in [2.05, 4.69) is 15.8 Å². The van der Waals surface area contributed by atoms with Gasteiger partial charge in [-0.2, -0.15) is 0 Å². The second-order valence-electron chi connectivity index (χ2n) is 5.58. The molecule has 8 nitrogen and oxygen atoms in total. The minimum absolute atomic E-state index is 0.119. The van der Waals surface area contributed by atoms with E-state index in [0.29, 0.717) is 11.8 Å². The van der Waals surface area contributed by atoms with Gasteiger partial charge in [0.15, 0.2) is 6.10 Å². The van der Waals surface area contributed by atoms with Gasteiger partial charge in [-0.3, -0.25) is 19.7 Å². The Bertz CT molecular complexity index is 853. The molecule has 0 aliphatic rings. The van der Waals surface area contributed by atoms with E-state index in [1.54, 1.807) is 6.92 Å². The summed E-state index contributed by atoms with van der Waals surface area (Å²) in [6.45, 7) is 2.89. The standard InChI is InChI=1S/C17H17F2N3O5/c1-9-7-14(27-22-9)21-16(24)10(2)26-15(23)5-6-20-17(25)12-4-3-11(18)8-13(12)19/h3-4,7-8,10H,5-6H2,1-2H3,(H,20,25)(H,21,24). The zero-order valence-electron chi connectivity index (χ0n) is 14.5. The molecule has 0 radical (unpaired) electrons. The monoisotopic (exact) mass is 381 g/mol. The van der Waals surface area contributed by atoms with Crippen LogP contribution in [0.4, 0.5) is 14.7 Å². The molecule has 1 aromatic carbocycles. The summed E-state index contributed by atoms with van der Waals surface area (Å²) in [5, 5.41) is 8.29. The number of aromatic nitrogens is 1. The van der Waals surface area contributed by atoms with Crippen molar-refractivity contribution in [2.24, 2.45) is 0 Å². The number of esters is 1. The average molecular weight is 381 g/mol. The maximum absolute atomic E-state index is 13.5. The van der Waals surface area contributed by atoms with Crippen LogP contribution < -0.4 is 10.6 Å². The highest BCUT2D eigenvalue weighted by Gasteiger charge is 2.19. The van der Waals surface area contributed by atoms with Crippen molar-refractivity contribution in [3.63, 3.8) is 0 Å². The van der Waals surface area contributed by atoms with E-state index in [0.717, 1.165) is 12.1 Å². The fourth-order valence-corrected chi connectivity index (χ4v) is 2.00. The van der Waals surface area contributed by atoms with Crippen molar-refractivity contribution < 1.29 is 32.4 Å². The molecular weight excluding hydrogens is 364 g/mol. The number of hydrogen-bond donors (Lipinski definition) is 2. The normalized spacial score (nSPS) is 11.6. The van der Waals surface area contributed by atoms with Gasteiger partial charge in [0, 0.05) is 18.7 Å². The minimum atomic E-state index is -1.10. The number of benzene rings is 1. The molecule has 2 aromatic rings. The predicted molar refractivity (Wildman–Crippen MR) is 88.7 cm³/mol. The van der Waals surface area contributed by atoms with Crippen LogP contribution in [0, 0.1) is 18.6 Å². The van der Waals surface area contributed by atoms with Crippen LogP contribution in [0.3, 0.4) is 0 Å². The fraction of sp³-hybridized carbons (Fsp3) is 0.294. The fourth-order valence-electron chi connectivity index (χ4n) is 2.00. The number of rotatable bonds is 7. The van der Waals surface area contributed by atoms with E-state index in [1.807, 2.05) is 0 Å². The predicted octanol–water partition coefficient (Wildman–Crippen LogP) is 1.95. The number of carbonyl (C=O) groups is 3. The summed E-state index contributed by atoms with van der Waals surface area (Å²) >= 11 is 0. The molecule has 1 atom stereocenters. The molecule has 0 aliphatic heterocycles. The Hall–Kier alpha value is -3.30. The van der Waals surface area contributed by atoms with Gasteiger partial charge in [0.2, 0.25) is 5.88 Å². The minimum Gasteiger partial charge on any atom is -0.452 e. The topological polar surface area (TPSA) is 111 Å². The SMILES string of the molecule is Cc1cc(NC(=O)C(C)OC(=O)CCNC(=O)c2ccc(F)cc2F)on1. The van der Waals surface area contributed by atoms with Gasteiger partial charge in [-0.05, 0) is 26.0 Å². The first-order valence-electron chi connectivity index (χ1n) is 7.93. The van der Waals surface area contributed by atoms with Gasteiger partial charge in [0.05, 0.1) is 17.7 Å². The number of nitrogens with one attached hydrogen (secondary N) is 2. The van der Waals surface area contributed by atoms with Crippen molar-refractivity contribution in [2.75, 3.05) is 11.9 Å². The van der Waals surface area contributed by atoms with Crippen LogP contribution in [0.5, 0.6) is 0 Å². The average Bonchev–Trinajstić information content (AvgIpc) is 2.99. The molecular formula is C17H17F2N3O5. The molecule has 27 heavy (non-hydrogen) atoms. The third-order valence-corrected chi connectivity index (χ3v) is 3.34. The second-order valence-corrected chi connectivity index (χ2v) is 5.58. The maximum atomic E-state index is 13.5. The zero-order valence-corrected chi connectivity index (χ0v) is 14.5. The zero-order chi connectivity index (χ0) is 20.0. The van der Waals surface area contributed by atoms with Gasteiger partial charge < -0.3 is 14.6 Å². The van der Waals surface area contributed by atoms with Gasteiger partial charge in [-0.1, -0.05) is 5.16 Å². The summed E-state index contributed by atoms with van der Waals surface area (Å²) in [6.07, 6.45) is -1.35. The Kier molecular flexibility index (Phi) is 6.58. The molecule has 10 heteroatoms. The summed E-state index contributed by atoms with van der Waals surface area (Å²) in [5.74, 6) is -3.85.